The van der Waals surface area contributed by atoms with Gasteiger partial charge in [0.05, 0.1) is 28.4 Å². The molecule has 4 rings (SSSR count). The molecule has 1 atom stereocenters. The number of ether oxygens (including phenoxy) is 2. The van der Waals surface area contributed by atoms with Gasteiger partial charge in [0.1, 0.15) is 23.3 Å². The molecule has 34 heavy (non-hydrogen) atoms. The summed E-state index contributed by atoms with van der Waals surface area (Å²) in [5.74, 6) is 1.29. The van der Waals surface area contributed by atoms with Gasteiger partial charge in [-0.25, -0.2) is 0 Å². The minimum Gasteiger partial charge on any atom is -0.494 e. The quantitative estimate of drug-likeness (QED) is 0.247. The minimum atomic E-state index is -0.418. The highest BCUT2D eigenvalue weighted by Gasteiger charge is 2.18. The number of nitrogens with one attached hydrogen (secondary N) is 3. The number of pyridine rings is 1. The second-order valence-electron chi connectivity index (χ2n) is 7.26. The van der Waals surface area contributed by atoms with E-state index in [1.54, 1.807) is 25.3 Å². The van der Waals surface area contributed by atoms with Crippen LogP contribution in [-0.2, 0) is 4.79 Å². The summed E-state index contributed by atoms with van der Waals surface area (Å²) in [6.07, 6.45) is 3.83. The first-order chi connectivity index (χ1) is 16.4. The lowest BCUT2D eigenvalue weighted by Crippen LogP contribution is -2.10. The normalized spacial score (nSPS) is 11.6. The lowest BCUT2D eigenvalue weighted by Gasteiger charge is -2.18. The number of amides is 1. The Hall–Kier alpha value is -3.75. The van der Waals surface area contributed by atoms with Crippen LogP contribution in [-0.4, -0.2) is 28.2 Å². The average Bonchev–Trinajstić information content (AvgIpc) is 3.22. The van der Waals surface area contributed by atoms with Crippen LogP contribution in [0.3, 0.4) is 0 Å². The molecule has 0 spiro atoms. The Morgan fingerprint density at radius 2 is 1.97 bits per heavy atom. The van der Waals surface area contributed by atoms with E-state index >= 15 is 0 Å². The highest BCUT2D eigenvalue weighted by Crippen LogP contribution is 2.38. The summed E-state index contributed by atoms with van der Waals surface area (Å²) in [7, 11) is 1.55. The van der Waals surface area contributed by atoms with Crippen molar-refractivity contribution in [3.05, 3.63) is 77.1 Å². The third-order valence-corrected chi connectivity index (χ3v) is 5.68. The van der Waals surface area contributed by atoms with Gasteiger partial charge in [0.15, 0.2) is 5.82 Å². The third kappa shape index (κ3) is 4.78. The number of methoxy groups -OCH3 is 1. The van der Waals surface area contributed by atoms with Crippen molar-refractivity contribution >= 4 is 57.2 Å². The number of benzene rings is 2. The number of halogens is 2. The summed E-state index contributed by atoms with van der Waals surface area (Å²) in [6, 6.07) is 10.8. The Labute approximate surface area is 205 Å². The number of H-pyrrole nitrogens is 1. The van der Waals surface area contributed by atoms with E-state index < -0.39 is 6.10 Å². The van der Waals surface area contributed by atoms with Crippen LogP contribution < -0.4 is 20.1 Å². The summed E-state index contributed by atoms with van der Waals surface area (Å²) in [6.45, 7) is 5.35. The SMILES string of the molecule is C=CC(=O)Nc1cccc(OC)c1Nc1n[nH]c2ccc(OC(C)c3c(Cl)cncc3Cl)cc12. The predicted molar refractivity (Wildman–Crippen MR) is 134 cm³/mol. The number of fused-ring (bicyclic) bond motifs is 1. The number of hydrogen-bond donors (Lipinski definition) is 3. The van der Waals surface area contributed by atoms with Crippen LogP contribution in [0.1, 0.15) is 18.6 Å². The maximum Gasteiger partial charge on any atom is 0.247 e. The number of carbonyl (C=O) groups is 1. The lowest BCUT2D eigenvalue weighted by atomic mass is 10.1. The molecule has 1 unspecified atom stereocenters. The molecule has 10 heteroatoms. The number of anilines is 3. The molecule has 1 amide bonds. The zero-order chi connectivity index (χ0) is 24.2. The van der Waals surface area contributed by atoms with Crippen molar-refractivity contribution in [3.8, 4) is 11.5 Å². The molecule has 8 nitrogen and oxygen atoms in total. The van der Waals surface area contributed by atoms with Crippen LogP contribution >= 0.6 is 23.2 Å². The van der Waals surface area contributed by atoms with E-state index in [9.17, 15) is 4.79 Å². The molecule has 0 aliphatic rings. The van der Waals surface area contributed by atoms with Crippen molar-refractivity contribution in [1.82, 2.24) is 15.2 Å². The molecule has 0 saturated carbocycles. The Bertz CT molecular complexity index is 1350. The van der Waals surface area contributed by atoms with Gasteiger partial charge in [-0.05, 0) is 43.3 Å². The molecular weight excluding hydrogens is 477 g/mol. The van der Waals surface area contributed by atoms with Crippen molar-refractivity contribution < 1.29 is 14.3 Å². The Morgan fingerprint density at radius 1 is 1.21 bits per heavy atom. The van der Waals surface area contributed by atoms with E-state index in [1.807, 2.05) is 25.1 Å². The molecule has 0 aliphatic heterocycles. The van der Waals surface area contributed by atoms with Gasteiger partial charge in [-0.1, -0.05) is 35.8 Å². The molecule has 0 radical (unpaired) electrons. The Morgan fingerprint density at radius 3 is 2.68 bits per heavy atom. The molecule has 2 aromatic heterocycles. The molecule has 3 N–H and O–H groups in total. The van der Waals surface area contributed by atoms with Crippen LogP contribution in [0.4, 0.5) is 17.2 Å². The molecule has 0 aliphatic carbocycles. The first kappa shape index (κ1) is 23.4. The molecule has 4 aromatic rings. The van der Waals surface area contributed by atoms with Crippen molar-refractivity contribution in [2.24, 2.45) is 0 Å². The lowest BCUT2D eigenvalue weighted by molar-refractivity contribution is -0.111. The molecule has 2 heterocycles. The number of para-hydroxylation sites is 1. The van der Waals surface area contributed by atoms with Crippen LogP contribution in [0.2, 0.25) is 10.0 Å². The number of hydrogen-bond acceptors (Lipinski definition) is 6. The maximum atomic E-state index is 11.9. The summed E-state index contributed by atoms with van der Waals surface area (Å²) >= 11 is 12.5. The zero-order valence-corrected chi connectivity index (χ0v) is 19.9. The number of aromatic amines is 1. The van der Waals surface area contributed by atoms with Gasteiger partial charge in [0, 0.05) is 23.3 Å². The first-order valence-corrected chi connectivity index (χ1v) is 11.0. The summed E-state index contributed by atoms with van der Waals surface area (Å²) < 4.78 is 11.6. The fourth-order valence-corrected chi connectivity index (χ4v) is 4.14. The molecule has 0 fully saturated rings. The summed E-state index contributed by atoms with van der Waals surface area (Å²) in [5, 5.41) is 15.0. The monoisotopic (exact) mass is 497 g/mol. The standard InChI is InChI=1S/C24H21Cl2N5O3/c1-4-21(32)28-19-6-5-7-20(33-3)23(19)29-24-15-10-14(8-9-18(15)30-31-24)34-13(2)22-16(25)11-27-12-17(22)26/h4-13H,1H2,2-3H3,(H,28,32)(H2,29,30,31). The molecule has 2 aromatic carbocycles. The Balaban J connectivity index is 1.67. The van der Waals surface area contributed by atoms with Gasteiger partial charge in [0.25, 0.3) is 0 Å². The van der Waals surface area contributed by atoms with E-state index in [2.05, 4.69) is 32.4 Å². The van der Waals surface area contributed by atoms with Gasteiger partial charge in [-0.15, -0.1) is 0 Å². The second kappa shape index (κ2) is 10.0. The summed E-state index contributed by atoms with van der Waals surface area (Å²) in [4.78, 5) is 15.9. The van der Waals surface area contributed by atoms with Crippen molar-refractivity contribution in [1.29, 1.82) is 0 Å². The van der Waals surface area contributed by atoms with E-state index in [-0.39, 0.29) is 5.91 Å². The van der Waals surface area contributed by atoms with Crippen molar-refractivity contribution in [2.45, 2.75) is 13.0 Å². The number of aromatic nitrogens is 3. The zero-order valence-electron chi connectivity index (χ0n) is 18.4. The topological polar surface area (TPSA) is 101 Å². The van der Waals surface area contributed by atoms with Crippen molar-refractivity contribution in [2.75, 3.05) is 17.7 Å². The van der Waals surface area contributed by atoms with E-state index in [4.69, 9.17) is 32.7 Å². The van der Waals surface area contributed by atoms with Crippen LogP contribution in [0.5, 0.6) is 11.5 Å². The third-order valence-electron chi connectivity index (χ3n) is 5.08. The average molecular weight is 498 g/mol. The van der Waals surface area contributed by atoms with Gasteiger partial charge in [-0.2, -0.15) is 5.10 Å². The summed E-state index contributed by atoms with van der Waals surface area (Å²) in [5.41, 5.74) is 2.50. The van der Waals surface area contributed by atoms with Gasteiger partial charge >= 0.3 is 0 Å². The van der Waals surface area contributed by atoms with Gasteiger partial charge in [0.2, 0.25) is 5.91 Å². The van der Waals surface area contributed by atoms with Crippen LogP contribution in [0.15, 0.2) is 61.4 Å². The Kier molecular flexibility index (Phi) is 6.90. The number of nitrogens with zero attached hydrogens (tertiary/aromatic N) is 2. The number of carbonyl (C=O) groups excluding carboxylic acids is 1. The van der Waals surface area contributed by atoms with E-state index in [1.165, 1.54) is 18.5 Å². The maximum absolute atomic E-state index is 11.9. The molecule has 0 saturated heterocycles. The fraction of sp³-hybridized carbons (Fsp3) is 0.125. The molecule has 0 bridgehead atoms. The van der Waals surface area contributed by atoms with E-state index in [0.29, 0.717) is 44.3 Å². The minimum absolute atomic E-state index is 0.346. The smallest absolute Gasteiger partial charge is 0.247 e. The highest BCUT2D eigenvalue weighted by molar-refractivity contribution is 6.35. The van der Waals surface area contributed by atoms with Crippen LogP contribution in [0.25, 0.3) is 10.9 Å². The second-order valence-corrected chi connectivity index (χ2v) is 8.07. The highest BCUT2D eigenvalue weighted by atomic mass is 35.5. The van der Waals surface area contributed by atoms with Crippen molar-refractivity contribution in [3.63, 3.8) is 0 Å². The predicted octanol–water partition coefficient (Wildman–Crippen LogP) is 6.28. The largest absolute Gasteiger partial charge is 0.494 e. The molecule has 174 valence electrons. The van der Waals surface area contributed by atoms with Crippen LogP contribution in [0, 0.1) is 0 Å². The fourth-order valence-electron chi connectivity index (χ4n) is 3.47. The van der Waals surface area contributed by atoms with Gasteiger partial charge < -0.3 is 20.1 Å². The number of rotatable bonds is 8. The first-order valence-electron chi connectivity index (χ1n) is 10.2. The van der Waals surface area contributed by atoms with E-state index in [0.717, 1.165) is 10.9 Å². The molecular formula is C24H21Cl2N5O3. The van der Waals surface area contributed by atoms with Gasteiger partial charge in [-0.3, -0.25) is 14.9 Å².